The molecule has 1 N–H and O–H groups in total. The molecule has 0 unspecified atom stereocenters. The maximum absolute atomic E-state index is 12.6. The molecule has 0 atom stereocenters. The van der Waals surface area contributed by atoms with E-state index in [1.54, 1.807) is 23.1 Å². The van der Waals surface area contributed by atoms with Crippen molar-refractivity contribution in [3.63, 3.8) is 0 Å². The van der Waals surface area contributed by atoms with Gasteiger partial charge in [0.05, 0.1) is 13.7 Å². The molecule has 0 radical (unpaired) electrons. The van der Waals surface area contributed by atoms with Crippen LogP contribution in [0.25, 0.3) is 0 Å². The van der Waals surface area contributed by atoms with E-state index in [4.69, 9.17) is 14.3 Å². The first kappa shape index (κ1) is 21.6. The van der Waals surface area contributed by atoms with Crippen LogP contribution in [0.1, 0.15) is 42.1 Å². The molecule has 2 aromatic carbocycles. The number of fused-ring (bicyclic) bond motifs is 1. The van der Waals surface area contributed by atoms with E-state index in [2.05, 4.69) is 12.4 Å². The number of carbonyl (C=O) groups is 2. The van der Waals surface area contributed by atoms with Crippen LogP contribution in [0.4, 0.5) is 5.69 Å². The summed E-state index contributed by atoms with van der Waals surface area (Å²) in [6, 6.07) is 12.8. The van der Waals surface area contributed by atoms with Crippen LogP contribution < -0.4 is 19.9 Å². The number of carbonyl (C=O) groups excluding carboxylic acids is 2. The maximum atomic E-state index is 12.6. The molecule has 160 valence electrons. The number of unbranched alkanes of at least 4 members (excludes halogenated alkanes) is 1. The molecule has 1 heterocycles. The van der Waals surface area contributed by atoms with Gasteiger partial charge in [0.2, 0.25) is 0 Å². The zero-order valence-corrected chi connectivity index (χ0v) is 17.5. The van der Waals surface area contributed by atoms with E-state index in [1.165, 1.54) is 7.11 Å². The fourth-order valence-electron chi connectivity index (χ4n) is 3.35. The van der Waals surface area contributed by atoms with Gasteiger partial charge in [-0.15, -0.1) is 0 Å². The highest BCUT2D eigenvalue weighted by Crippen LogP contribution is 2.28. The highest BCUT2D eigenvalue weighted by molar-refractivity contribution is 5.96. The first-order valence-electron chi connectivity index (χ1n) is 10.2. The smallest absolute Gasteiger partial charge is 0.274 e. The van der Waals surface area contributed by atoms with Crippen LogP contribution in [-0.4, -0.2) is 38.7 Å². The number of hydrogen-bond acceptors (Lipinski definition) is 5. The number of anilines is 1. The van der Waals surface area contributed by atoms with Crippen molar-refractivity contribution in [2.75, 3.05) is 31.8 Å². The van der Waals surface area contributed by atoms with Gasteiger partial charge in [-0.25, -0.2) is 5.48 Å². The number of aryl methyl sites for hydroxylation is 1. The number of benzene rings is 2. The van der Waals surface area contributed by atoms with Crippen LogP contribution in [-0.2, 0) is 16.1 Å². The molecule has 0 saturated heterocycles. The lowest BCUT2D eigenvalue weighted by Crippen LogP contribution is -2.39. The lowest BCUT2D eigenvalue weighted by molar-refractivity contribution is -0.125. The number of ether oxygens (including phenoxy) is 2. The van der Waals surface area contributed by atoms with Gasteiger partial charge in [0.15, 0.2) is 18.1 Å². The first-order chi connectivity index (χ1) is 14.6. The van der Waals surface area contributed by atoms with Gasteiger partial charge in [0, 0.05) is 17.8 Å². The second kappa shape index (κ2) is 10.6. The van der Waals surface area contributed by atoms with Crippen molar-refractivity contribution in [3.05, 3.63) is 53.6 Å². The fourth-order valence-corrected chi connectivity index (χ4v) is 3.35. The Morgan fingerprint density at radius 3 is 2.77 bits per heavy atom. The van der Waals surface area contributed by atoms with E-state index in [-0.39, 0.29) is 12.5 Å². The zero-order valence-electron chi connectivity index (χ0n) is 17.5. The Bertz CT molecular complexity index is 884. The molecule has 2 amide bonds. The van der Waals surface area contributed by atoms with Crippen molar-refractivity contribution in [2.45, 2.75) is 32.6 Å². The predicted molar refractivity (Wildman–Crippen MR) is 114 cm³/mol. The molecule has 2 aromatic rings. The third-order valence-electron chi connectivity index (χ3n) is 4.95. The Morgan fingerprint density at radius 2 is 1.97 bits per heavy atom. The number of hydrogen-bond donors (Lipinski definition) is 1. The Labute approximate surface area is 176 Å². The van der Waals surface area contributed by atoms with Crippen LogP contribution in [0, 0.1) is 0 Å². The quantitative estimate of drug-likeness (QED) is 0.504. The summed E-state index contributed by atoms with van der Waals surface area (Å²) in [5.74, 6) is 0.405. The Balaban J connectivity index is 1.54. The van der Waals surface area contributed by atoms with Crippen molar-refractivity contribution in [1.29, 1.82) is 0 Å². The van der Waals surface area contributed by atoms with Crippen molar-refractivity contribution in [2.24, 2.45) is 0 Å². The average Bonchev–Trinajstić information content (AvgIpc) is 2.78. The van der Waals surface area contributed by atoms with E-state index < -0.39 is 5.91 Å². The summed E-state index contributed by atoms with van der Waals surface area (Å²) in [5.41, 5.74) is 4.74. The molecule has 0 bridgehead atoms. The molecule has 0 fully saturated rings. The fraction of sp³-hybridized carbons (Fsp3) is 0.391. The Hall–Kier alpha value is -3.06. The van der Waals surface area contributed by atoms with Crippen molar-refractivity contribution < 1.29 is 23.9 Å². The van der Waals surface area contributed by atoms with E-state index in [9.17, 15) is 9.59 Å². The number of nitrogens with one attached hydrogen (secondary N) is 1. The van der Waals surface area contributed by atoms with Gasteiger partial charge >= 0.3 is 0 Å². The molecular weight excluding hydrogens is 384 g/mol. The molecule has 7 nitrogen and oxygen atoms in total. The van der Waals surface area contributed by atoms with Crippen LogP contribution >= 0.6 is 0 Å². The van der Waals surface area contributed by atoms with E-state index >= 15 is 0 Å². The SMILES string of the molecule is CCCCOc1ccc(C(=O)NOCC(=O)N2CCCc3ccccc32)cc1OC. The minimum absolute atomic E-state index is 0.195. The molecule has 1 aliphatic rings. The van der Waals surface area contributed by atoms with Gasteiger partial charge in [-0.3, -0.25) is 14.4 Å². The van der Waals surface area contributed by atoms with Gasteiger partial charge in [-0.1, -0.05) is 31.5 Å². The monoisotopic (exact) mass is 412 g/mol. The Kier molecular flexibility index (Phi) is 7.68. The number of nitrogens with zero attached hydrogens (tertiary/aromatic N) is 1. The van der Waals surface area contributed by atoms with Crippen molar-refractivity contribution in [1.82, 2.24) is 5.48 Å². The standard InChI is InChI=1S/C23H28N2O5/c1-3-4-14-29-20-12-11-18(15-21(20)28-2)23(27)24-30-16-22(26)25-13-7-9-17-8-5-6-10-19(17)25/h5-6,8,10-12,15H,3-4,7,9,13-14,16H2,1-2H3,(H,24,27). The van der Waals surface area contributed by atoms with Gasteiger partial charge < -0.3 is 14.4 Å². The summed E-state index contributed by atoms with van der Waals surface area (Å²) in [7, 11) is 1.52. The Morgan fingerprint density at radius 1 is 1.13 bits per heavy atom. The average molecular weight is 412 g/mol. The molecule has 3 rings (SSSR count). The lowest BCUT2D eigenvalue weighted by Gasteiger charge is -2.29. The minimum atomic E-state index is -0.458. The third kappa shape index (κ3) is 5.30. The zero-order chi connectivity index (χ0) is 21.3. The summed E-state index contributed by atoms with van der Waals surface area (Å²) in [6.45, 7) is 3.07. The van der Waals surface area contributed by atoms with Crippen LogP contribution in [0.15, 0.2) is 42.5 Å². The van der Waals surface area contributed by atoms with Gasteiger partial charge in [0.1, 0.15) is 0 Å². The number of rotatable bonds is 9. The minimum Gasteiger partial charge on any atom is -0.493 e. The molecule has 0 aromatic heterocycles. The van der Waals surface area contributed by atoms with Crippen LogP contribution in [0.3, 0.4) is 0 Å². The molecular formula is C23H28N2O5. The second-order valence-corrected chi connectivity index (χ2v) is 7.07. The van der Waals surface area contributed by atoms with E-state index in [0.717, 1.165) is 36.9 Å². The molecule has 0 aliphatic carbocycles. The summed E-state index contributed by atoms with van der Waals surface area (Å²) in [4.78, 5) is 31.9. The van der Waals surface area contributed by atoms with Gasteiger partial charge in [0.25, 0.3) is 11.8 Å². The molecule has 1 aliphatic heterocycles. The summed E-state index contributed by atoms with van der Waals surface area (Å²) >= 11 is 0. The maximum Gasteiger partial charge on any atom is 0.274 e. The molecule has 0 spiro atoms. The molecule has 7 heteroatoms. The summed E-state index contributed by atoms with van der Waals surface area (Å²) in [6.07, 6.45) is 3.83. The normalized spacial score (nSPS) is 12.8. The van der Waals surface area contributed by atoms with Gasteiger partial charge in [-0.05, 0) is 49.1 Å². The van der Waals surface area contributed by atoms with Crippen LogP contribution in [0.2, 0.25) is 0 Å². The van der Waals surface area contributed by atoms with E-state index in [1.807, 2.05) is 24.3 Å². The predicted octanol–water partition coefficient (Wildman–Crippen LogP) is 3.51. The third-order valence-corrected chi connectivity index (χ3v) is 4.95. The highest BCUT2D eigenvalue weighted by atomic mass is 16.7. The topological polar surface area (TPSA) is 77.1 Å². The van der Waals surface area contributed by atoms with Gasteiger partial charge in [-0.2, -0.15) is 0 Å². The van der Waals surface area contributed by atoms with E-state index in [0.29, 0.717) is 30.2 Å². The number of amides is 2. The number of para-hydroxylation sites is 1. The summed E-state index contributed by atoms with van der Waals surface area (Å²) < 4.78 is 11.0. The lowest BCUT2D eigenvalue weighted by atomic mass is 10.0. The van der Waals surface area contributed by atoms with Crippen molar-refractivity contribution >= 4 is 17.5 Å². The van der Waals surface area contributed by atoms with Crippen LogP contribution in [0.5, 0.6) is 11.5 Å². The summed E-state index contributed by atoms with van der Waals surface area (Å²) in [5, 5.41) is 0. The second-order valence-electron chi connectivity index (χ2n) is 7.07. The number of methoxy groups -OCH3 is 1. The largest absolute Gasteiger partial charge is 0.493 e. The van der Waals surface area contributed by atoms with Crippen molar-refractivity contribution in [3.8, 4) is 11.5 Å². The highest BCUT2D eigenvalue weighted by Gasteiger charge is 2.22. The molecule has 0 saturated carbocycles. The first-order valence-corrected chi connectivity index (χ1v) is 10.2. The molecule has 30 heavy (non-hydrogen) atoms. The number of hydroxylamine groups is 1.